The molecule has 0 aliphatic carbocycles. The maximum atomic E-state index is 13.2. The van der Waals surface area contributed by atoms with Gasteiger partial charge in [-0.3, -0.25) is 9.59 Å². The number of carbonyl (C=O) groups excluding carboxylic acids is 2. The molecule has 1 atom stereocenters. The lowest BCUT2D eigenvalue weighted by Crippen LogP contribution is -2.36. The maximum absolute atomic E-state index is 13.2. The highest BCUT2D eigenvalue weighted by Gasteiger charge is 2.38. The lowest BCUT2D eigenvalue weighted by atomic mass is 10.0. The second-order valence-electron chi connectivity index (χ2n) is 7.83. The lowest BCUT2D eigenvalue weighted by molar-refractivity contribution is -0.126. The first-order valence-electron chi connectivity index (χ1n) is 10.4. The Kier molecular flexibility index (Phi) is 6.57. The van der Waals surface area contributed by atoms with Gasteiger partial charge in [0.15, 0.2) is 0 Å². The Morgan fingerprint density at radius 3 is 2.66 bits per heavy atom. The Hall–Kier alpha value is -2.82. The molecular weight excluding hydrogens is 364 g/mol. The molecule has 1 aliphatic heterocycles. The average molecular weight is 395 g/mol. The first-order valence-corrected chi connectivity index (χ1v) is 10.4. The van der Waals surface area contributed by atoms with E-state index in [0.29, 0.717) is 6.54 Å². The number of unbranched alkanes of at least 4 members (excludes halogenated alkanes) is 1. The molecule has 1 unspecified atom stereocenters. The van der Waals surface area contributed by atoms with Gasteiger partial charge in [-0.1, -0.05) is 43.7 Å². The van der Waals surface area contributed by atoms with Crippen molar-refractivity contribution in [3.05, 3.63) is 59.2 Å². The summed E-state index contributed by atoms with van der Waals surface area (Å²) in [6.45, 7) is 7.98. The third-order valence-electron chi connectivity index (χ3n) is 5.04. The molecular formula is C24H30N2O3. The van der Waals surface area contributed by atoms with Crippen LogP contribution in [0.25, 0.3) is 0 Å². The number of aryl methyl sites for hydroxylation is 1. The smallest absolute Gasteiger partial charge is 0.254 e. The predicted molar refractivity (Wildman–Crippen MR) is 115 cm³/mol. The van der Waals surface area contributed by atoms with Gasteiger partial charge < -0.3 is 15.0 Å². The van der Waals surface area contributed by atoms with Gasteiger partial charge in [0, 0.05) is 23.7 Å². The number of nitrogens with one attached hydrogen (secondary N) is 1. The van der Waals surface area contributed by atoms with Crippen LogP contribution in [0.15, 0.2) is 42.5 Å². The zero-order chi connectivity index (χ0) is 21.0. The number of hydrogen-bond donors (Lipinski definition) is 1. The highest BCUT2D eigenvalue weighted by Crippen LogP contribution is 2.38. The number of para-hydroxylation sites is 1. The Balaban J connectivity index is 1.95. The highest BCUT2D eigenvalue weighted by atomic mass is 16.5. The van der Waals surface area contributed by atoms with Gasteiger partial charge >= 0.3 is 0 Å². The summed E-state index contributed by atoms with van der Waals surface area (Å²) < 4.78 is 5.93. The molecule has 0 saturated heterocycles. The molecule has 0 spiro atoms. The normalized spacial score (nSPS) is 15.6. The van der Waals surface area contributed by atoms with Crippen LogP contribution in [0.3, 0.4) is 0 Å². The van der Waals surface area contributed by atoms with Crippen molar-refractivity contribution in [2.45, 2.75) is 65.6 Å². The zero-order valence-corrected chi connectivity index (χ0v) is 17.7. The number of amides is 2. The summed E-state index contributed by atoms with van der Waals surface area (Å²) in [7, 11) is 0. The number of ether oxygens (including phenoxy) is 1. The fourth-order valence-electron chi connectivity index (χ4n) is 3.70. The molecule has 2 aromatic rings. The molecule has 1 heterocycles. The predicted octanol–water partition coefficient (Wildman–Crippen LogP) is 4.54. The van der Waals surface area contributed by atoms with E-state index in [1.165, 1.54) is 12.5 Å². The minimum Gasteiger partial charge on any atom is -0.491 e. The van der Waals surface area contributed by atoms with Crippen LogP contribution >= 0.6 is 0 Å². The van der Waals surface area contributed by atoms with Crippen LogP contribution < -0.4 is 15.0 Å². The number of hydrogen-bond acceptors (Lipinski definition) is 3. The molecule has 3 rings (SSSR count). The van der Waals surface area contributed by atoms with Crippen LogP contribution in [0.5, 0.6) is 5.75 Å². The van der Waals surface area contributed by atoms with Gasteiger partial charge in [0.05, 0.1) is 12.6 Å². The van der Waals surface area contributed by atoms with Crippen LogP contribution in [0.4, 0.5) is 5.69 Å². The molecule has 1 aliphatic rings. The van der Waals surface area contributed by atoms with Crippen molar-refractivity contribution in [3.8, 4) is 5.75 Å². The van der Waals surface area contributed by atoms with Crippen LogP contribution in [0, 0.1) is 0 Å². The first kappa shape index (κ1) is 20.9. The van der Waals surface area contributed by atoms with E-state index in [4.69, 9.17) is 4.74 Å². The van der Waals surface area contributed by atoms with Gasteiger partial charge in [-0.2, -0.15) is 0 Å². The third kappa shape index (κ3) is 4.78. The molecule has 154 valence electrons. The fourth-order valence-corrected chi connectivity index (χ4v) is 3.70. The molecule has 1 N–H and O–H groups in total. The standard InChI is InChI=1S/C24H30N2O3/c1-5-6-9-18-12-13-21-20(14-18)23(25-17(4)27)24(28)26(21)15-19-10-7-8-11-22(19)29-16(2)3/h7-8,10-14,16,23H,5-6,9,15H2,1-4H3,(H,25,27). The summed E-state index contributed by atoms with van der Waals surface area (Å²) in [5.41, 5.74) is 3.87. The Labute approximate surface area is 173 Å². The van der Waals surface area contributed by atoms with E-state index in [1.807, 2.05) is 44.2 Å². The number of fused-ring (bicyclic) bond motifs is 1. The number of rotatable bonds is 8. The SMILES string of the molecule is CCCCc1ccc2c(c1)C(NC(C)=O)C(=O)N2Cc1ccccc1OC(C)C. The number of nitrogens with zero attached hydrogens (tertiary/aromatic N) is 1. The van der Waals surface area contributed by atoms with Crippen molar-refractivity contribution in [1.29, 1.82) is 0 Å². The molecule has 5 nitrogen and oxygen atoms in total. The Morgan fingerprint density at radius 2 is 1.97 bits per heavy atom. The van der Waals surface area contributed by atoms with Gasteiger partial charge in [-0.15, -0.1) is 0 Å². The van der Waals surface area contributed by atoms with Crippen LogP contribution in [0.2, 0.25) is 0 Å². The highest BCUT2D eigenvalue weighted by molar-refractivity contribution is 6.06. The Bertz CT molecular complexity index is 891. The average Bonchev–Trinajstić information content (AvgIpc) is 2.92. The zero-order valence-electron chi connectivity index (χ0n) is 17.7. The first-order chi connectivity index (χ1) is 13.9. The minimum absolute atomic E-state index is 0.0472. The van der Waals surface area contributed by atoms with E-state index in [0.717, 1.165) is 41.8 Å². The number of anilines is 1. The van der Waals surface area contributed by atoms with E-state index in [1.54, 1.807) is 4.90 Å². The van der Waals surface area contributed by atoms with Gasteiger partial charge in [-0.25, -0.2) is 0 Å². The van der Waals surface area contributed by atoms with Gasteiger partial charge in [0.25, 0.3) is 5.91 Å². The van der Waals surface area contributed by atoms with Crippen molar-refractivity contribution >= 4 is 17.5 Å². The van der Waals surface area contributed by atoms with E-state index >= 15 is 0 Å². The van der Waals surface area contributed by atoms with Crippen molar-refractivity contribution in [3.63, 3.8) is 0 Å². The molecule has 5 heteroatoms. The van der Waals surface area contributed by atoms with E-state index in [2.05, 4.69) is 24.4 Å². The summed E-state index contributed by atoms with van der Waals surface area (Å²) in [5.74, 6) is 0.459. The van der Waals surface area contributed by atoms with Crippen molar-refractivity contribution < 1.29 is 14.3 Å². The van der Waals surface area contributed by atoms with Crippen LogP contribution in [-0.4, -0.2) is 17.9 Å². The molecule has 29 heavy (non-hydrogen) atoms. The molecule has 0 fully saturated rings. The molecule has 2 aromatic carbocycles. The largest absolute Gasteiger partial charge is 0.491 e. The molecule has 0 radical (unpaired) electrons. The topological polar surface area (TPSA) is 58.6 Å². The van der Waals surface area contributed by atoms with Gasteiger partial charge in [-0.05, 0) is 44.4 Å². The minimum atomic E-state index is -0.637. The molecule has 2 amide bonds. The van der Waals surface area contributed by atoms with E-state index in [-0.39, 0.29) is 17.9 Å². The quantitative estimate of drug-likeness (QED) is 0.715. The van der Waals surface area contributed by atoms with Crippen molar-refractivity contribution in [1.82, 2.24) is 5.32 Å². The summed E-state index contributed by atoms with van der Waals surface area (Å²) in [5, 5.41) is 2.83. The van der Waals surface area contributed by atoms with E-state index < -0.39 is 6.04 Å². The molecule has 0 saturated carbocycles. The summed E-state index contributed by atoms with van der Waals surface area (Å²) in [6.07, 6.45) is 3.23. The monoisotopic (exact) mass is 394 g/mol. The fraction of sp³-hybridized carbons (Fsp3) is 0.417. The second-order valence-corrected chi connectivity index (χ2v) is 7.83. The van der Waals surface area contributed by atoms with Crippen LogP contribution in [-0.2, 0) is 22.6 Å². The number of carbonyl (C=O) groups is 2. The van der Waals surface area contributed by atoms with Gasteiger partial charge in [0.1, 0.15) is 11.8 Å². The number of benzene rings is 2. The Morgan fingerprint density at radius 1 is 1.21 bits per heavy atom. The summed E-state index contributed by atoms with van der Waals surface area (Å²) in [6, 6.07) is 13.3. The van der Waals surface area contributed by atoms with Crippen LogP contribution in [0.1, 0.15) is 63.3 Å². The van der Waals surface area contributed by atoms with Crippen molar-refractivity contribution in [2.24, 2.45) is 0 Å². The van der Waals surface area contributed by atoms with Crippen molar-refractivity contribution in [2.75, 3.05) is 4.90 Å². The lowest BCUT2D eigenvalue weighted by Gasteiger charge is -2.21. The molecule has 0 bridgehead atoms. The van der Waals surface area contributed by atoms with E-state index in [9.17, 15) is 9.59 Å². The van der Waals surface area contributed by atoms with Gasteiger partial charge in [0.2, 0.25) is 5.91 Å². The maximum Gasteiger partial charge on any atom is 0.254 e. The summed E-state index contributed by atoms with van der Waals surface area (Å²) in [4.78, 5) is 26.7. The third-order valence-corrected chi connectivity index (χ3v) is 5.04. The second kappa shape index (κ2) is 9.12. The molecule has 0 aromatic heterocycles. The summed E-state index contributed by atoms with van der Waals surface area (Å²) >= 11 is 0.